The molecule has 1 saturated heterocycles. The van der Waals surface area contributed by atoms with Crippen molar-refractivity contribution >= 4 is 11.8 Å². The van der Waals surface area contributed by atoms with Gasteiger partial charge in [-0.15, -0.1) is 0 Å². The van der Waals surface area contributed by atoms with E-state index in [0.717, 1.165) is 17.0 Å². The van der Waals surface area contributed by atoms with Crippen LogP contribution in [0, 0.1) is 11.6 Å². The van der Waals surface area contributed by atoms with Gasteiger partial charge in [0.15, 0.2) is 0 Å². The topological polar surface area (TPSA) is 49.8 Å². The zero-order chi connectivity index (χ0) is 11.7. The molecule has 0 aliphatic carbocycles. The minimum atomic E-state index is -0.768. The molecule has 86 valence electrons. The average molecular weight is 229 g/mol. The lowest BCUT2D eigenvalue weighted by atomic mass is 10.2. The maximum atomic E-state index is 12.9. The van der Waals surface area contributed by atoms with Crippen LogP contribution in [0.1, 0.15) is 0 Å². The molecule has 0 spiro atoms. The number of halogens is 2. The van der Waals surface area contributed by atoms with Gasteiger partial charge < -0.3 is 9.84 Å². The lowest BCUT2D eigenvalue weighted by molar-refractivity contribution is 0.0963. The maximum absolute atomic E-state index is 12.9. The van der Waals surface area contributed by atoms with Crippen molar-refractivity contribution in [3.63, 3.8) is 0 Å². The first-order valence-corrected chi connectivity index (χ1v) is 4.65. The van der Waals surface area contributed by atoms with Crippen molar-refractivity contribution < 1.29 is 23.4 Å². The number of ether oxygens (including phenoxy) is 1. The van der Waals surface area contributed by atoms with Crippen LogP contribution in [0.3, 0.4) is 0 Å². The summed E-state index contributed by atoms with van der Waals surface area (Å²) in [6.07, 6.45) is -1.37. The van der Waals surface area contributed by atoms with E-state index in [-0.39, 0.29) is 18.8 Å². The molecule has 1 aliphatic rings. The van der Waals surface area contributed by atoms with Crippen LogP contribution in [0.4, 0.5) is 19.3 Å². The smallest absolute Gasteiger partial charge is 0.414 e. The van der Waals surface area contributed by atoms with Crippen molar-refractivity contribution in [3.8, 4) is 0 Å². The number of benzene rings is 1. The zero-order valence-electron chi connectivity index (χ0n) is 8.19. The molecule has 0 unspecified atom stereocenters. The lowest BCUT2D eigenvalue weighted by Gasteiger charge is -2.12. The number of aliphatic hydroxyl groups excluding tert-OH is 1. The van der Waals surface area contributed by atoms with Gasteiger partial charge in [-0.2, -0.15) is 0 Å². The van der Waals surface area contributed by atoms with E-state index in [9.17, 15) is 13.6 Å². The summed E-state index contributed by atoms with van der Waals surface area (Å²) in [6, 6.07) is 2.78. The van der Waals surface area contributed by atoms with Gasteiger partial charge in [0.25, 0.3) is 0 Å². The van der Waals surface area contributed by atoms with Gasteiger partial charge in [-0.3, -0.25) is 4.90 Å². The highest BCUT2D eigenvalue weighted by Crippen LogP contribution is 2.23. The number of carbonyl (C=O) groups excluding carboxylic acids is 1. The average Bonchev–Trinajstić information content (AvgIpc) is 2.58. The minimum Gasteiger partial charge on any atom is -0.441 e. The van der Waals surface area contributed by atoms with Crippen molar-refractivity contribution in [3.05, 3.63) is 29.8 Å². The van der Waals surface area contributed by atoms with E-state index in [1.807, 2.05) is 0 Å². The van der Waals surface area contributed by atoms with Gasteiger partial charge in [0.2, 0.25) is 0 Å². The monoisotopic (exact) mass is 229 g/mol. The molecule has 1 aromatic carbocycles. The van der Waals surface area contributed by atoms with Crippen LogP contribution in [0.15, 0.2) is 18.2 Å². The number of anilines is 1. The van der Waals surface area contributed by atoms with E-state index in [1.54, 1.807) is 0 Å². The van der Waals surface area contributed by atoms with Crippen molar-refractivity contribution in [2.45, 2.75) is 6.10 Å². The molecule has 1 N–H and O–H groups in total. The van der Waals surface area contributed by atoms with Gasteiger partial charge in [0, 0.05) is 6.07 Å². The molecular formula is C10H9F2NO3. The highest BCUT2D eigenvalue weighted by atomic mass is 19.1. The predicted octanol–water partition coefficient (Wildman–Crippen LogP) is 1.28. The highest BCUT2D eigenvalue weighted by molar-refractivity contribution is 5.89. The first kappa shape index (κ1) is 10.8. The summed E-state index contributed by atoms with van der Waals surface area (Å²) in [6.45, 7) is -0.238. The van der Waals surface area contributed by atoms with E-state index >= 15 is 0 Å². The number of aliphatic hydroxyl groups is 1. The molecule has 1 heterocycles. The molecule has 1 atom stereocenters. The van der Waals surface area contributed by atoms with Crippen LogP contribution < -0.4 is 4.90 Å². The van der Waals surface area contributed by atoms with E-state index < -0.39 is 23.8 Å². The molecule has 6 heteroatoms. The number of carbonyl (C=O) groups is 1. The number of cyclic esters (lactones) is 1. The standard InChI is InChI=1S/C10H9F2NO3/c11-6-1-7(12)3-8(2-6)13-4-9(5-14)16-10(13)15/h1-3,9,14H,4-5H2/t9-/m1/s1. The highest BCUT2D eigenvalue weighted by Gasteiger charge is 2.32. The summed E-state index contributed by atoms with van der Waals surface area (Å²) in [4.78, 5) is 12.4. The second-order valence-electron chi connectivity index (χ2n) is 3.43. The zero-order valence-corrected chi connectivity index (χ0v) is 8.19. The van der Waals surface area contributed by atoms with Gasteiger partial charge in [0.1, 0.15) is 17.7 Å². The summed E-state index contributed by atoms with van der Waals surface area (Å²) in [7, 11) is 0. The van der Waals surface area contributed by atoms with Crippen LogP contribution >= 0.6 is 0 Å². The Morgan fingerprint density at radius 2 is 2.00 bits per heavy atom. The van der Waals surface area contributed by atoms with Gasteiger partial charge in [-0.05, 0) is 12.1 Å². The van der Waals surface area contributed by atoms with Crippen LogP contribution in [0.25, 0.3) is 0 Å². The fourth-order valence-electron chi connectivity index (χ4n) is 1.52. The molecule has 1 fully saturated rings. The van der Waals surface area contributed by atoms with Crippen molar-refractivity contribution in [2.75, 3.05) is 18.1 Å². The SMILES string of the molecule is O=C1O[C@@H](CO)CN1c1cc(F)cc(F)c1. The van der Waals surface area contributed by atoms with E-state index in [4.69, 9.17) is 9.84 Å². The summed E-state index contributed by atoms with van der Waals surface area (Å²) < 4.78 is 30.6. The predicted molar refractivity (Wildman–Crippen MR) is 51.1 cm³/mol. The Kier molecular flexibility index (Phi) is 2.74. The Morgan fingerprint density at radius 1 is 1.38 bits per heavy atom. The van der Waals surface area contributed by atoms with E-state index in [0.29, 0.717) is 6.07 Å². The second kappa shape index (κ2) is 4.05. The Hall–Kier alpha value is -1.69. The summed E-state index contributed by atoms with van der Waals surface area (Å²) in [5.74, 6) is -1.54. The van der Waals surface area contributed by atoms with Gasteiger partial charge >= 0.3 is 6.09 Å². The number of amides is 1. The molecule has 0 aromatic heterocycles. The summed E-state index contributed by atoms with van der Waals surface area (Å²) in [5.41, 5.74) is 0.0819. The third-order valence-corrected chi connectivity index (χ3v) is 2.24. The third kappa shape index (κ3) is 1.96. The largest absolute Gasteiger partial charge is 0.441 e. The summed E-state index contributed by atoms with van der Waals surface area (Å²) >= 11 is 0. The molecule has 1 aromatic rings. The van der Waals surface area contributed by atoms with Crippen molar-refractivity contribution in [2.24, 2.45) is 0 Å². The van der Waals surface area contributed by atoms with Crippen LogP contribution in [-0.4, -0.2) is 30.5 Å². The third-order valence-electron chi connectivity index (χ3n) is 2.24. The molecule has 16 heavy (non-hydrogen) atoms. The molecule has 2 rings (SSSR count). The summed E-state index contributed by atoms with van der Waals surface area (Å²) in [5, 5.41) is 8.81. The normalized spacial score (nSPS) is 20.1. The fraction of sp³-hybridized carbons (Fsp3) is 0.300. The van der Waals surface area contributed by atoms with Crippen LogP contribution in [-0.2, 0) is 4.74 Å². The Morgan fingerprint density at radius 3 is 2.50 bits per heavy atom. The molecule has 1 aliphatic heterocycles. The lowest BCUT2D eigenvalue weighted by Crippen LogP contribution is -2.25. The maximum Gasteiger partial charge on any atom is 0.414 e. The second-order valence-corrected chi connectivity index (χ2v) is 3.43. The molecule has 0 bridgehead atoms. The number of nitrogens with zero attached hydrogens (tertiary/aromatic N) is 1. The molecular weight excluding hydrogens is 220 g/mol. The first-order chi connectivity index (χ1) is 7.60. The Bertz CT molecular complexity index is 404. The van der Waals surface area contributed by atoms with Gasteiger partial charge in [0.05, 0.1) is 18.8 Å². The Balaban J connectivity index is 2.27. The molecule has 4 nitrogen and oxygen atoms in total. The first-order valence-electron chi connectivity index (χ1n) is 4.65. The van der Waals surface area contributed by atoms with Crippen LogP contribution in [0.5, 0.6) is 0 Å². The minimum absolute atomic E-state index is 0.0816. The molecule has 1 amide bonds. The molecule has 0 saturated carbocycles. The number of hydrogen-bond donors (Lipinski definition) is 1. The van der Waals surface area contributed by atoms with E-state index in [2.05, 4.69) is 0 Å². The quantitative estimate of drug-likeness (QED) is 0.831. The number of hydrogen-bond acceptors (Lipinski definition) is 3. The molecule has 0 radical (unpaired) electrons. The van der Waals surface area contributed by atoms with Crippen molar-refractivity contribution in [1.82, 2.24) is 0 Å². The van der Waals surface area contributed by atoms with Crippen molar-refractivity contribution in [1.29, 1.82) is 0 Å². The van der Waals surface area contributed by atoms with E-state index in [1.165, 1.54) is 0 Å². The van der Waals surface area contributed by atoms with Crippen LogP contribution in [0.2, 0.25) is 0 Å². The number of rotatable bonds is 2. The van der Waals surface area contributed by atoms with Gasteiger partial charge in [-0.25, -0.2) is 13.6 Å². The fourth-order valence-corrected chi connectivity index (χ4v) is 1.52. The van der Waals surface area contributed by atoms with Gasteiger partial charge in [-0.1, -0.05) is 0 Å². The Labute approximate surface area is 90.0 Å².